The van der Waals surface area contributed by atoms with Crippen molar-refractivity contribution in [1.29, 1.82) is 0 Å². The lowest BCUT2D eigenvalue weighted by Crippen LogP contribution is -2.34. The molecule has 12 heteroatoms. The summed E-state index contributed by atoms with van der Waals surface area (Å²) in [5.41, 5.74) is 1.77. The van der Waals surface area contributed by atoms with Crippen LogP contribution >= 0.6 is 0 Å². The van der Waals surface area contributed by atoms with Gasteiger partial charge in [-0.2, -0.15) is 18.2 Å². The van der Waals surface area contributed by atoms with Crippen molar-refractivity contribution >= 4 is 11.8 Å². The van der Waals surface area contributed by atoms with Crippen molar-refractivity contribution in [3.05, 3.63) is 59.9 Å². The second-order valence-electron chi connectivity index (χ2n) is 7.56. The van der Waals surface area contributed by atoms with Gasteiger partial charge in [0, 0.05) is 36.0 Å². The summed E-state index contributed by atoms with van der Waals surface area (Å²) in [6, 6.07) is 6.36. The van der Waals surface area contributed by atoms with Crippen LogP contribution in [0.15, 0.2) is 48.4 Å². The average molecular weight is 447 g/mol. The molecule has 2 bridgehead atoms. The number of halogens is 4. The highest BCUT2D eigenvalue weighted by Crippen LogP contribution is 2.42. The average Bonchev–Trinajstić information content (AvgIpc) is 3.39. The Morgan fingerprint density at radius 2 is 2.06 bits per heavy atom. The monoisotopic (exact) mass is 447 g/mol. The highest BCUT2D eigenvalue weighted by atomic mass is 19.4. The molecule has 4 heterocycles. The van der Waals surface area contributed by atoms with Crippen molar-refractivity contribution in [3.63, 3.8) is 0 Å². The van der Waals surface area contributed by atoms with Crippen LogP contribution in [0.2, 0.25) is 0 Å². The highest BCUT2D eigenvalue weighted by Gasteiger charge is 2.45. The van der Waals surface area contributed by atoms with Gasteiger partial charge >= 0.3 is 12.2 Å². The maximum absolute atomic E-state index is 13.4. The Morgan fingerprint density at radius 1 is 1.22 bits per heavy atom. The minimum Gasteiger partial charge on any atom is -0.424 e. The minimum absolute atomic E-state index is 0.0121. The number of hydrogen-bond acceptors (Lipinski definition) is 7. The molecule has 32 heavy (non-hydrogen) atoms. The molecule has 0 radical (unpaired) electrons. The van der Waals surface area contributed by atoms with E-state index in [0.29, 0.717) is 11.2 Å². The molecule has 1 fully saturated rings. The van der Waals surface area contributed by atoms with Gasteiger partial charge < -0.3 is 15.0 Å². The normalized spacial score (nSPS) is 19.5. The molecule has 2 aromatic heterocycles. The first-order valence-corrected chi connectivity index (χ1v) is 9.75. The Morgan fingerprint density at radius 3 is 2.81 bits per heavy atom. The number of aromatic nitrogens is 5. The summed E-state index contributed by atoms with van der Waals surface area (Å²) in [5, 5.41) is 7.01. The van der Waals surface area contributed by atoms with Gasteiger partial charge in [0.2, 0.25) is 5.95 Å². The van der Waals surface area contributed by atoms with Crippen LogP contribution in [0, 0.1) is 18.7 Å². The fourth-order valence-corrected chi connectivity index (χ4v) is 3.76. The molecule has 3 aliphatic rings. The largest absolute Gasteiger partial charge is 0.424 e. The summed E-state index contributed by atoms with van der Waals surface area (Å²) in [6.07, 6.45) is -0.990. The summed E-state index contributed by atoms with van der Waals surface area (Å²) in [6.45, 7) is 1.15. The lowest BCUT2D eigenvalue weighted by molar-refractivity contribution is -0.143. The molecule has 0 spiro atoms. The molecule has 0 amide bonds. The fraction of sp³-hybridized carbons (Fsp3) is 0.300. The zero-order chi connectivity index (χ0) is 22.5. The quantitative estimate of drug-likeness (QED) is 0.578. The van der Waals surface area contributed by atoms with Gasteiger partial charge in [-0.05, 0) is 19.1 Å². The summed E-state index contributed by atoms with van der Waals surface area (Å²) >= 11 is 0. The van der Waals surface area contributed by atoms with Crippen LogP contribution in [0.1, 0.15) is 5.69 Å². The summed E-state index contributed by atoms with van der Waals surface area (Å²) in [5.74, 6) is 0.301. The van der Waals surface area contributed by atoms with E-state index >= 15 is 0 Å². The molecular weight excluding hydrogens is 430 g/mol. The summed E-state index contributed by atoms with van der Waals surface area (Å²) in [7, 11) is 0. The number of hydrogen-bond donors (Lipinski definition) is 1. The maximum atomic E-state index is 13.4. The number of nitrogens with one attached hydrogen (secondary N) is 1. The van der Waals surface area contributed by atoms with Crippen LogP contribution in [0.4, 0.5) is 29.3 Å². The molecule has 2 aliphatic heterocycles. The topological polar surface area (TPSA) is 81.0 Å². The van der Waals surface area contributed by atoms with Crippen LogP contribution in [0.3, 0.4) is 0 Å². The third-order valence-electron chi connectivity index (χ3n) is 5.16. The van der Waals surface area contributed by atoms with Crippen LogP contribution in [-0.4, -0.2) is 43.5 Å². The number of fused-ring (bicyclic) bond motifs is 1. The van der Waals surface area contributed by atoms with Crippen molar-refractivity contribution < 1.29 is 22.3 Å². The van der Waals surface area contributed by atoms with E-state index in [9.17, 15) is 17.6 Å². The number of nitrogens with zero attached hydrogens (tertiary/aromatic N) is 6. The zero-order valence-corrected chi connectivity index (χ0v) is 16.7. The molecule has 3 aromatic rings. The number of anilines is 2. The Bertz CT molecular complexity index is 1190. The van der Waals surface area contributed by atoms with E-state index in [0.717, 1.165) is 23.3 Å². The number of benzene rings is 1. The molecule has 1 N–H and O–H groups in total. The number of aryl methyl sites for hydroxylation is 1. The molecule has 1 aliphatic carbocycles. The molecule has 6 rings (SSSR count). The van der Waals surface area contributed by atoms with Gasteiger partial charge in [-0.3, -0.25) is 0 Å². The van der Waals surface area contributed by atoms with E-state index in [1.54, 1.807) is 0 Å². The first kappa shape index (κ1) is 20.2. The fourth-order valence-electron chi connectivity index (χ4n) is 3.76. The second kappa shape index (κ2) is 7.46. The Hall–Kier alpha value is -3.70. The van der Waals surface area contributed by atoms with Gasteiger partial charge in [0.25, 0.3) is 0 Å². The molecule has 166 valence electrons. The highest BCUT2D eigenvalue weighted by molar-refractivity contribution is 5.59. The van der Waals surface area contributed by atoms with Crippen molar-refractivity contribution in [2.75, 3.05) is 16.8 Å². The lowest BCUT2D eigenvalue weighted by Gasteiger charge is -2.27. The van der Waals surface area contributed by atoms with Crippen molar-refractivity contribution in [2.45, 2.75) is 25.7 Å². The van der Waals surface area contributed by atoms with E-state index in [1.807, 2.05) is 17.9 Å². The Kier molecular flexibility index (Phi) is 4.72. The van der Waals surface area contributed by atoms with Gasteiger partial charge in [-0.25, -0.2) is 19.0 Å². The van der Waals surface area contributed by atoms with E-state index in [2.05, 4.69) is 31.4 Å². The third kappa shape index (κ3) is 3.95. The number of rotatable bonds is 6. The number of alkyl halides is 3. The summed E-state index contributed by atoms with van der Waals surface area (Å²) < 4.78 is 58.5. The molecular formula is C20H17F4N7O. The van der Waals surface area contributed by atoms with Crippen LogP contribution in [0.5, 0.6) is 11.8 Å². The third-order valence-corrected chi connectivity index (χ3v) is 5.16. The Balaban J connectivity index is 1.36. The molecule has 8 nitrogen and oxygen atoms in total. The lowest BCUT2D eigenvalue weighted by atomic mass is 9.91. The van der Waals surface area contributed by atoms with E-state index in [-0.39, 0.29) is 29.7 Å². The first-order chi connectivity index (χ1) is 15.2. The smallest absolute Gasteiger partial charge is 0.408 e. The van der Waals surface area contributed by atoms with Crippen molar-refractivity contribution in [1.82, 2.24) is 24.7 Å². The standard InChI is InChI=1S/C20H17F4N7O/c1-11-5-16(26-10-25-11)30-8-12-6-15(30)17(12)27-18-28-19(31(29-18)9-20(22,23)24)32-14-4-2-3-13(21)7-14/h2-7,10,12,17H,8-9H2,1H3,(H,27,29). The van der Waals surface area contributed by atoms with E-state index < -0.39 is 18.5 Å². The van der Waals surface area contributed by atoms with Crippen LogP contribution in [0.25, 0.3) is 0 Å². The predicted molar refractivity (Wildman–Crippen MR) is 106 cm³/mol. The van der Waals surface area contributed by atoms with Crippen LogP contribution < -0.4 is 15.0 Å². The van der Waals surface area contributed by atoms with Gasteiger partial charge in [0.05, 0.1) is 6.04 Å². The first-order valence-electron chi connectivity index (χ1n) is 9.75. The number of ether oxygens (including phenoxy) is 1. The molecule has 1 aromatic carbocycles. The van der Waals surface area contributed by atoms with E-state index in [4.69, 9.17) is 4.74 Å². The molecule has 2 unspecified atom stereocenters. The SMILES string of the molecule is Cc1cc(N2CC3C=C2C3Nc2nc(Oc3cccc(F)c3)n(CC(F)(F)F)n2)ncn1. The van der Waals surface area contributed by atoms with Crippen molar-refractivity contribution in [3.8, 4) is 11.8 Å². The molecule has 0 saturated carbocycles. The van der Waals surface area contributed by atoms with Gasteiger partial charge in [-0.15, -0.1) is 5.10 Å². The molecule has 2 atom stereocenters. The van der Waals surface area contributed by atoms with Crippen molar-refractivity contribution in [2.24, 2.45) is 5.92 Å². The minimum atomic E-state index is -4.54. The zero-order valence-electron chi connectivity index (χ0n) is 16.7. The second-order valence-corrected chi connectivity index (χ2v) is 7.56. The Labute approximate surface area is 179 Å². The van der Waals surface area contributed by atoms with E-state index in [1.165, 1.54) is 24.5 Å². The van der Waals surface area contributed by atoms with Gasteiger partial charge in [0.1, 0.15) is 30.3 Å². The molecule has 1 saturated heterocycles. The predicted octanol–water partition coefficient (Wildman–Crippen LogP) is 3.68. The van der Waals surface area contributed by atoms with Crippen LogP contribution in [-0.2, 0) is 6.54 Å². The maximum Gasteiger partial charge on any atom is 0.408 e. The van der Waals surface area contributed by atoms with Gasteiger partial charge in [-0.1, -0.05) is 12.1 Å². The summed E-state index contributed by atoms with van der Waals surface area (Å²) in [4.78, 5) is 14.5. The van der Waals surface area contributed by atoms with Gasteiger partial charge in [0.15, 0.2) is 0 Å².